The zero-order valence-corrected chi connectivity index (χ0v) is 16.9. The van der Waals surface area contributed by atoms with E-state index in [2.05, 4.69) is 0 Å². The van der Waals surface area contributed by atoms with Gasteiger partial charge >= 0.3 is 23.9 Å². The summed E-state index contributed by atoms with van der Waals surface area (Å²) >= 11 is 0. The molecule has 30 heavy (non-hydrogen) atoms. The number of carbonyl (C=O) groups excluding carboxylic acids is 6. The number of amides is 2. The van der Waals surface area contributed by atoms with Crippen LogP contribution in [0.3, 0.4) is 0 Å². The largest absolute Gasteiger partial charge is 0.456 e. The molecule has 2 aliphatic heterocycles. The molecule has 0 aromatic rings. The molecule has 166 valence electrons. The minimum absolute atomic E-state index is 0.0717. The van der Waals surface area contributed by atoms with Crippen LogP contribution in [0.25, 0.3) is 0 Å². The highest BCUT2D eigenvalue weighted by molar-refractivity contribution is 6.01. The number of hydroxylamine groups is 2. The van der Waals surface area contributed by atoms with E-state index in [1.54, 1.807) is 0 Å². The molecule has 0 N–H and O–H groups in total. The van der Waals surface area contributed by atoms with Crippen LogP contribution < -0.4 is 0 Å². The van der Waals surface area contributed by atoms with E-state index in [4.69, 9.17) is 23.8 Å². The van der Waals surface area contributed by atoms with Crippen molar-refractivity contribution >= 4 is 35.7 Å². The van der Waals surface area contributed by atoms with Crippen LogP contribution in [0.5, 0.6) is 0 Å². The van der Waals surface area contributed by atoms with E-state index in [0.717, 1.165) is 20.8 Å². The molecule has 2 fully saturated rings. The van der Waals surface area contributed by atoms with Crippen molar-refractivity contribution < 1.29 is 52.6 Å². The van der Waals surface area contributed by atoms with Crippen LogP contribution in [0.4, 0.5) is 0 Å². The second-order valence-electron chi connectivity index (χ2n) is 6.85. The van der Waals surface area contributed by atoms with Crippen molar-refractivity contribution in [2.75, 3.05) is 0 Å². The van der Waals surface area contributed by atoms with Gasteiger partial charge in [-0.15, -0.1) is 5.06 Å². The zero-order valence-electron chi connectivity index (χ0n) is 16.9. The van der Waals surface area contributed by atoms with E-state index in [1.165, 1.54) is 6.92 Å². The molecule has 12 heteroatoms. The van der Waals surface area contributed by atoms with E-state index >= 15 is 0 Å². The van der Waals surface area contributed by atoms with Crippen molar-refractivity contribution in [2.45, 2.75) is 77.5 Å². The average Bonchev–Trinajstić information content (AvgIpc) is 2.92. The summed E-state index contributed by atoms with van der Waals surface area (Å²) in [5.41, 5.74) is 0. The highest BCUT2D eigenvalue weighted by atomic mass is 16.7. The molecule has 0 saturated carbocycles. The first-order valence-corrected chi connectivity index (χ1v) is 9.23. The summed E-state index contributed by atoms with van der Waals surface area (Å²) < 4.78 is 21.3. The Morgan fingerprint density at radius 2 is 1.33 bits per heavy atom. The fourth-order valence-corrected chi connectivity index (χ4v) is 3.24. The van der Waals surface area contributed by atoms with Gasteiger partial charge in [0.05, 0.1) is 12.5 Å². The smallest absolute Gasteiger partial charge is 0.335 e. The summed E-state index contributed by atoms with van der Waals surface area (Å²) in [6, 6.07) is 0. The Kier molecular flexibility index (Phi) is 7.48. The van der Waals surface area contributed by atoms with Crippen LogP contribution in [0.15, 0.2) is 0 Å². The third-order valence-electron chi connectivity index (χ3n) is 4.34. The molecule has 0 bridgehead atoms. The molecule has 2 rings (SSSR count). The third kappa shape index (κ3) is 5.75. The summed E-state index contributed by atoms with van der Waals surface area (Å²) in [5.74, 6) is -4.50. The normalized spacial score (nSPS) is 28.7. The number of hydrogen-bond donors (Lipinski definition) is 0. The quantitative estimate of drug-likeness (QED) is 0.307. The third-order valence-corrected chi connectivity index (χ3v) is 4.34. The van der Waals surface area contributed by atoms with Crippen LogP contribution in [0, 0.1) is 0 Å². The lowest BCUT2D eigenvalue weighted by atomic mass is 9.93. The summed E-state index contributed by atoms with van der Waals surface area (Å²) in [4.78, 5) is 75.0. The van der Waals surface area contributed by atoms with Gasteiger partial charge < -0.3 is 23.8 Å². The zero-order chi connectivity index (χ0) is 22.6. The van der Waals surface area contributed by atoms with Crippen LogP contribution in [0.2, 0.25) is 0 Å². The van der Waals surface area contributed by atoms with Gasteiger partial charge in [-0.1, -0.05) is 0 Å². The summed E-state index contributed by atoms with van der Waals surface area (Å²) in [7, 11) is 0. The minimum Gasteiger partial charge on any atom is -0.456 e. The van der Waals surface area contributed by atoms with E-state index in [-0.39, 0.29) is 12.8 Å². The molecule has 0 aromatic heterocycles. The number of imide groups is 1. The maximum absolute atomic E-state index is 12.3. The van der Waals surface area contributed by atoms with Crippen molar-refractivity contribution in [1.29, 1.82) is 0 Å². The van der Waals surface area contributed by atoms with Crippen LogP contribution in [0.1, 0.15) is 47.0 Å². The van der Waals surface area contributed by atoms with Gasteiger partial charge in [-0.25, -0.2) is 4.79 Å². The topological polar surface area (TPSA) is 152 Å². The first-order chi connectivity index (χ1) is 14.0. The Morgan fingerprint density at radius 1 is 0.867 bits per heavy atom. The Hall–Kier alpha value is -3.02. The molecule has 2 amide bonds. The molecule has 12 nitrogen and oxygen atoms in total. The lowest BCUT2D eigenvalue weighted by Gasteiger charge is -2.43. The van der Waals surface area contributed by atoms with Crippen LogP contribution in [-0.2, 0) is 52.6 Å². The number of esters is 3. The Labute approximate surface area is 171 Å². The molecule has 2 heterocycles. The second kappa shape index (κ2) is 9.65. The van der Waals surface area contributed by atoms with Gasteiger partial charge in [-0.2, -0.15) is 0 Å². The van der Waals surface area contributed by atoms with Crippen molar-refractivity contribution in [3.05, 3.63) is 0 Å². The highest BCUT2D eigenvalue weighted by Gasteiger charge is 2.51. The first-order valence-electron chi connectivity index (χ1n) is 9.23. The van der Waals surface area contributed by atoms with Crippen molar-refractivity contribution in [3.63, 3.8) is 0 Å². The van der Waals surface area contributed by atoms with E-state index in [0.29, 0.717) is 5.06 Å². The van der Waals surface area contributed by atoms with E-state index in [9.17, 15) is 28.8 Å². The highest BCUT2D eigenvalue weighted by Crippen LogP contribution is 2.30. The predicted octanol–water partition coefficient (Wildman–Crippen LogP) is -0.434. The maximum Gasteiger partial charge on any atom is 0.335 e. The summed E-state index contributed by atoms with van der Waals surface area (Å²) in [6.45, 7) is 4.87. The van der Waals surface area contributed by atoms with Gasteiger partial charge in [-0.3, -0.25) is 24.0 Å². The molecule has 5 atom stereocenters. The molecule has 0 aromatic carbocycles. The molecule has 0 unspecified atom stereocenters. The van der Waals surface area contributed by atoms with Gasteiger partial charge in [0.25, 0.3) is 11.8 Å². The Bertz CT molecular complexity index is 732. The fourth-order valence-electron chi connectivity index (χ4n) is 3.24. The molecular weight excluding hydrogens is 406 g/mol. The maximum atomic E-state index is 12.3. The average molecular weight is 429 g/mol. The number of carbonyl (C=O) groups is 6. The molecule has 0 aliphatic carbocycles. The van der Waals surface area contributed by atoms with Crippen molar-refractivity contribution in [2.24, 2.45) is 0 Å². The second-order valence-corrected chi connectivity index (χ2v) is 6.85. The number of hydrogen-bond acceptors (Lipinski definition) is 11. The first kappa shape index (κ1) is 23.3. The van der Waals surface area contributed by atoms with E-state index in [1.807, 2.05) is 0 Å². The standard InChI is InChI=1S/C18H23NO11/c1-8-16(27-9(2)20)18(29-11(4)22)17(28-10(3)21)12(26-8)7-15(25)30-19-13(23)5-6-14(19)24/h8,12,16-18H,5-7H2,1-4H3/t8-,12-,16+,17+,18+/m0/s1. The van der Waals surface area contributed by atoms with Gasteiger partial charge in [0.15, 0.2) is 18.3 Å². The van der Waals surface area contributed by atoms with Gasteiger partial charge in [0.2, 0.25) is 0 Å². The molecule has 0 radical (unpaired) electrons. The SMILES string of the molecule is CC(=O)O[C@@H]1[C@H](OC(C)=O)[C@H](C)O[C@@H](CC(=O)ON2C(=O)CCC2=O)[C@H]1OC(C)=O. The molecular formula is C18H23NO11. The van der Waals surface area contributed by atoms with Crippen LogP contribution >= 0.6 is 0 Å². The monoisotopic (exact) mass is 429 g/mol. The Balaban J connectivity index is 2.23. The van der Waals surface area contributed by atoms with Gasteiger partial charge in [-0.05, 0) is 6.92 Å². The minimum atomic E-state index is -1.32. The van der Waals surface area contributed by atoms with E-state index < -0.39 is 72.6 Å². The Morgan fingerprint density at radius 3 is 1.83 bits per heavy atom. The predicted molar refractivity (Wildman–Crippen MR) is 92.8 cm³/mol. The number of nitrogens with zero attached hydrogens (tertiary/aromatic N) is 1. The van der Waals surface area contributed by atoms with Crippen molar-refractivity contribution in [1.82, 2.24) is 5.06 Å². The summed E-state index contributed by atoms with van der Waals surface area (Å²) in [6.07, 6.45) is -6.38. The summed E-state index contributed by atoms with van der Waals surface area (Å²) in [5, 5.41) is 0.376. The molecule has 0 spiro atoms. The molecule has 2 aliphatic rings. The van der Waals surface area contributed by atoms with Crippen LogP contribution in [-0.4, -0.2) is 71.3 Å². The lowest BCUT2D eigenvalue weighted by molar-refractivity contribution is -0.247. The van der Waals surface area contributed by atoms with Crippen molar-refractivity contribution in [3.8, 4) is 0 Å². The lowest BCUT2D eigenvalue weighted by Crippen LogP contribution is -2.61. The van der Waals surface area contributed by atoms with Gasteiger partial charge in [0.1, 0.15) is 6.10 Å². The fraction of sp³-hybridized carbons (Fsp3) is 0.667. The number of ether oxygens (including phenoxy) is 4. The molecule has 2 saturated heterocycles. The number of rotatable bonds is 6. The van der Waals surface area contributed by atoms with Gasteiger partial charge in [0, 0.05) is 33.6 Å².